The second kappa shape index (κ2) is 14.4. The number of likely N-dealkylation sites (tertiary alicyclic amines) is 1. The van der Waals surface area contributed by atoms with Crippen LogP contribution in [0.3, 0.4) is 0 Å². The van der Waals surface area contributed by atoms with Crippen LogP contribution in [0.5, 0.6) is 0 Å². The van der Waals surface area contributed by atoms with Crippen LogP contribution in [0.15, 0.2) is 54.6 Å². The molecule has 2 aromatic rings. The zero-order chi connectivity index (χ0) is 24.9. The summed E-state index contributed by atoms with van der Waals surface area (Å²) in [5.41, 5.74) is 3.28. The summed E-state index contributed by atoms with van der Waals surface area (Å²) < 4.78 is 5.28. The molecule has 1 heterocycles. The number of benzene rings is 2. The molecule has 190 valence electrons. The van der Waals surface area contributed by atoms with Gasteiger partial charge in [0.25, 0.3) is 0 Å². The highest BCUT2D eigenvalue weighted by Crippen LogP contribution is 2.12. The number of amides is 2. The minimum absolute atomic E-state index is 0.170. The lowest BCUT2D eigenvalue weighted by Crippen LogP contribution is -2.48. The van der Waals surface area contributed by atoms with Crippen LogP contribution in [0.4, 0.5) is 10.5 Å². The summed E-state index contributed by atoms with van der Waals surface area (Å²) >= 11 is 0. The normalized spacial score (nSPS) is 14.5. The van der Waals surface area contributed by atoms with Gasteiger partial charge in [-0.25, -0.2) is 4.79 Å². The van der Waals surface area contributed by atoms with Gasteiger partial charge in [-0.05, 0) is 68.0 Å². The van der Waals surface area contributed by atoms with Crippen LogP contribution < -0.4 is 16.0 Å². The Balaban J connectivity index is 1.36. The molecule has 2 amide bonds. The number of rotatable bonds is 13. The molecule has 0 aliphatic carbocycles. The molecule has 1 aliphatic rings. The second-order valence-corrected chi connectivity index (χ2v) is 9.60. The maximum atomic E-state index is 12.7. The highest BCUT2D eigenvalue weighted by Gasteiger charge is 2.22. The fourth-order valence-corrected chi connectivity index (χ4v) is 4.21. The van der Waals surface area contributed by atoms with Gasteiger partial charge in [-0.1, -0.05) is 56.3 Å². The Morgan fingerprint density at radius 3 is 2.34 bits per heavy atom. The maximum Gasteiger partial charge on any atom is 0.408 e. The van der Waals surface area contributed by atoms with Crippen molar-refractivity contribution in [1.29, 1.82) is 0 Å². The Kier molecular flexibility index (Phi) is 10.9. The van der Waals surface area contributed by atoms with E-state index >= 15 is 0 Å². The van der Waals surface area contributed by atoms with Gasteiger partial charge < -0.3 is 25.6 Å². The first-order valence-electron chi connectivity index (χ1n) is 12.8. The SMILES string of the molecule is CC(C)C[C@H](NC(=O)OCc1ccccc1)C(=O)NCCNc1ccc(CCN2CCCC2)cc1. The first-order valence-corrected chi connectivity index (χ1v) is 12.8. The monoisotopic (exact) mass is 480 g/mol. The van der Waals surface area contributed by atoms with Gasteiger partial charge in [-0.15, -0.1) is 0 Å². The summed E-state index contributed by atoms with van der Waals surface area (Å²) in [7, 11) is 0. The van der Waals surface area contributed by atoms with E-state index in [1.54, 1.807) is 0 Å². The van der Waals surface area contributed by atoms with E-state index in [0.29, 0.717) is 19.5 Å². The van der Waals surface area contributed by atoms with E-state index in [4.69, 9.17) is 4.74 Å². The summed E-state index contributed by atoms with van der Waals surface area (Å²) in [6.45, 7) is 8.87. The molecule has 1 fully saturated rings. The van der Waals surface area contributed by atoms with Gasteiger partial charge >= 0.3 is 6.09 Å². The average Bonchev–Trinajstić information content (AvgIpc) is 3.38. The predicted molar refractivity (Wildman–Crippen MR) is 140 cm³/mol. The topological polar surface area (TPSA) is 82.7 Å². The summed E-state index contributed by atoms with van der Waals surface area (Å²) in [6.07, 6.45) is 3.68. The lowest BCUT2D eigenvalue weighted by atomic mass is 10.0. The molecule has 35 heavy (non-hydrogen) atoms. The smallest absolute Gasteiger partial charge is 0.408 e. The predicted octanol–water partition coefficient (Wildman–Crippen LogP) is 4.19. The summed E-state index contributed by atoms with van der Waals surface area (Å²) in [5, 5.41) is 8.99. The van der Waals surface area contributed by atoms with Crippen LogP contribution >= 0.6 is 0 Å². The van der Waals surface area contributed by atoms with Gasteiger partial charge in [-0.3, -0.25) is 4.79 Å². The van der Waals surface area contributed by atoms with Crippen molar-refractivity contribution < 1.29 is 14.3 Å². The van der Waals surface area contributed by atoms with Crippen LogP contribution in [0.1, 0.15) is 44.2 Å². The third kappa shape index (κ3) is 9.99. The molecule has 7 nitrogen and oxygen atoms in total. The fraction of sp³-hybridized carbons (Fsp3) is 0.500. The molecule has 3 N–H and O–H groups in total. The minimum atomic E-state index is -0.631. The largest absolute Gasteiger partial charge is 0.445 e. The van der Waals surface area contributed by atoms with E-state index in [9.17, 15) is 9.59 Å². The van der Waals surface area contributed by atoms with Gasteiger partial charge in [0.05, 0.1) is 0 Å². The Bertz CT molecular complexity index is 896. The molecule has 1 atom stereocenters. The highest BCUT2D eigenvalue weighted by molar-refractivity contribution is 5.85. The molecule has 0 saturated carbocycles. The van der Waals surface area contributed by atoms with Crippen molar-refractivity contribution in [2.45, 2.75) is 52.2 Å². The molecule has 1 saturated heterocycles. The number of carbonyl (C=O) groups is 2. The van der Waals surface area contributed by atoms with Crippen molar-refractivity contribution in [1.82, 2.24) is 15.5 Å². The van der Waals surface area contributed by atoms with Crippen LogP contribution in [0.25, 0.3) is 0 Å². The van der Waals surface area contributed by atoms with Gasteiger partial charge in [0.1, 0.15) is 12.6 Å². The minimum Gasteiger partial charge on any atom is -0.445 e. The number of hydrogen-bond donors (Lipinski definition) is 3. The molecule has 0 radical (unpaired) electrons. The summed E-state index contributed by atoms with van der Waals surface area (Å²) in [4.78, 5) is 27.5. The summed E-state index contributed by atoms with van der Waals surface area (Å²) in [5.74, 6) is 0.0525. The molecule has 1 aliphatic heterocycles. The van der Waals surface area contributed by atoms with Gasteiger partial charge in [0, 0.05) is 25.3 Å². The van der Waals surface area contributed by atoms with E-state index < -0.39 is 12.1 Å². The van der Waals surface area contributed by atoms with Crippen molar-refractivity contribution in [2.75, 3.05) is 38.0 Å². The van der Waals surface area contributed by atoms with Gasteiger partial charge in [0.15, 0.2) is 0 Å². The van der Waals surface area contributed by atoms with Crippen molar-refractivity contribution in [3.63, 3.8) is 0 Å². The third-order valence-corrected chi connectivity index (χ3v) is 6.15. The first-order chi connectivity index (χ1) is 17.0. The quantitative estimate of drug-likeness (QED) is 0.375. The van der Waals surface area contributed by atoms with Gasteiger partial charge in [-0.2, -0.15) is 0 Å². The number of nitrogens with zero attached hydrogens (tertiary/aromatic N) is 1. The van der Waals surface area contributed by atoms with Crippen molar-refractivity contribution >= 4 is 17.7 Å². The molecule has 7 heteroatoms. The molecule has 0 bridgehead atoms. The maximum absolute atomic E-state index is 12.7. The average molecular weight is 481 g/mol. The van der Waals surface area contributed by atoms with E-state index in [1.807, 2.05) is 44.2 Å². The van der Waals surface area contributed by atoms with E-state index in [-0.39, 0.29) is 18.4 Å². The highest BCUT2D eigenvalue weighted by atomic mass is 16.5. The molecule has 2 aromatic carbocycles. The Morgan fingerprint density at radius 2 is 1.66 bits per heavy atom. The van der Waals surface area contributed by atoms with Crippen LogP contribution in [0, 0.1) is 5.92 Å². The number of ether oxygens (including phenoxy) is 1. The van der Waals surface area contributed by atoms with Gasteiger partial charge in [0.2, 0.25) is 5.91 Å². The Labute approximate surface area is 209 Å². The van der Waals surface area contributed by atoms with Crippen LogP contribution in [-0.2, 0) is 22.6 Å². The fourth-order valence-electron chi connectivity index (χ4n) is 4.21. The molecular weight excluding hydrogens is 440 g/mol. The van der Waals surface area contributed by atoms with E-state index in [1.165, 1.54) is 31.5 Å². The second-order valence-electron chi connectivity index (χ2n) is 9.60. The molecule has 0 unspecified atom stereocenters. The zero-order valence-electron chi connectivity index (χ0n) is 21.1. The molecule has 0 spiro atoms. The zero-order valence-corrected chi connectivity index (χ0v) is 21.1. The van der Waals surface area contributed by atoms with E-state index in [2.05, 4.69) is 45.1 Å². The number of alkyl carbamates (subject to hydrolysis) is 1. The Morgan fingerprint density at radius 1 is 0.943 bits per heavy atom. The number of hydrogen-bond acceptors (Lipinski definition) is 5. The molecule has 3 rings (SSSR count). The lowest BCUT2D eigenvalue weighted by Gasteiger charge is -2.20. The van der Waals surface area contributed by atoms with Crippen molar-refractivity contribution in [2.24, 2.45) is 5.92 Å². The van der Waals surface area contributed by atoms with Crippen molar-refractivity contribution in [3.8, 4) is 0 Å². The number of nitrogens with one attached hydrogen (secondary N) is 3. The van der Waals surface area contributed by atoms with Crippen molar-refractivity contribution in [3.05, 3.63) is 65.7 Å². The molecular formula is C28H40N4O3. The summed E-state index contributed by atoms with van der Waals surface area (Å²) in [6, 6.07) is 17.4. The standard InChI is InChI=1S/C28H40N4O3/c1-22(2)20-26(31-28(34)35-21-24-8-4-3-5-9-24)27(33)30-16-15-29-25-12-10-23(11-13-25)14-19-32-17-6-7-18-32/h3-5,8-13,22,26,29H,6-7,14-21H2,1-2H3,(H,30,33)(H,31,34)/t26-/m0/s1. The van der Waals surface area contributed by atoms with Crippen LogP contribution in [0.2, 0.25) is 0 Å². The number of carbonyl (C=O) groups excluding carboxylic acids is 2. The first kappa shape index (κ1) is 26.5. The van der Waals surface area contributed by atoms with Crippen LogP contribution in [-0.4, -0.2) is 55.7 Å². The molecule has 0 aromatic heterocycles. The Hall–Kier alpha value is -3.06. The third-order valence-electron chi connectivity index (χ3n) is 6.15. The van der Waals surface area contributed by atoms with E-state index in [0.717, 1.165) is 24.2 Å². The lowest BCUT2D eigenvalue weighted by molar-refractivity contribution is -0.123. The number of anilines is 1.